The van der Waals surface area contributed by atoms with Gasteiger partial charge in [-0.15, -0.1) is 11.3 Å². The Kier molecular flexibility index (Phi) is 5.85. The number of para-hydroxylation sites is 1. The summed E-state index contributed by atoms with van der Waals surface area (Å²) >= 11 is 7.44. The zero-order valence-corrected chi connectivity index (χ0v) is 15.6. The number of benzene rings is 2. The first-order valence-corrected chi connectivity index (χ1v) is 9.31. The third kappa shape index (κ3) is 4.80. The van der Waals surface area contributed by atoms with Crippen LogP contribution >= 0.6 is 22.9 Å². The number of anilines is 1. The molecule has 0 aliphatic heterocycles. The first-order chi connectivity index (χ1) is 12.5. The highest BCUT2D eigenvalue weighted by Gasteiger charge is 2.18. The van der Waals surface area contributed by atoms with E-state index < -0.39 is 18.0 Å². The number of amides is 1. The molecule has 1 atom stereocenters. The van der Waals surface area contributed by atoms with Crippen molar-refractivity contribution < 1.29 is 14.3 Å². The fraction of sp³-hybridized carbons (Fsp3) is 0.211. The summed E-state index contributed by atoms with van der Waals surface area (Å²) in [5.74, 6) is -0.835. The second-order valence-electron chi connectivity index (χ2n) is 5.71. The number of carbonyl (C=O) groups is 2. The lowest BCUT2D eigenvalue weighted by Crippen LogP contribution is -2.30. The number of ether oxygens (including phenoxy) is 1. The quantitative estimate of drug-likeness (QED) is 0.633. The number of carbonyl (C=O) groups excluding carboxylic acids is 2. The second-order valence-corrected chi connectivity index (χ2v) is 7.26. The number of halogens is 1. The Balaban J connectivity index is 1.49. The van der Waals surface area contributed by atoms with Crippen LogP contribution in [0.1, 0.15) is 18.4 Å². The number of hydrogen-bond acceptors (Lipinski definition) is 5. The van der Waals surface area contributed by atoms with Gasteiger partial charge in [0.1, 0.15) is 0 Å². The van der Waals surface area contributed by atoms with Gasteiger partial charge in [-0.25, -0.2) is 4.98 Å². The molecule has 1 heterocycles. The van der Waals surface area contributed by atoms with Crippen molar-refractivity contribution in [2.24, 2.45) is 0 Å². The van der Waals surface area contributed by atoms with Gasteiger partial charge in [0.05, 0.1) is 21.6 Å². The minimum absolute atomic E-state index is 0.175. The summed E-state index contributed by atoms with van der Waals surface area (Å²) in [7, 11) is 0. The van der Waals surface area contributed by atoms with Crippen molar-refractivity contribution in [3.8, 4) is 0 Å². The lowest BCUT2D eigenvalue weighted by molar-refractivity contribution is -0.153. The number of fused-ring (bicyclic) bond motifs is 1. The van der Waals surface area contributed by atoms with Crippen LogP contribution in [0.5, 0.6) is 0 Å². The molecule has 0 saturated heterocycles. The first-order valence-electron chi connectivity index (χ1n) is 8.11. The molecule has 3 aromatic rings. The highest BCUT2D eigenvalue weighted by Crippen LogP contribution is 2.22. The second kappa shape index (κ2) is 8.29. The molecule has 5 nitrogen and oxygen atoms in total. The average molecular weight is 389 g/mol. The van der Waals surface area contributed by atoms with E-state index in [9.17, 15) is 9.59 Å². The summed E-state index contributed by atoms with van der Waals surface area (Å²) < 4.78 is 6.29. The molecule has 0 aliphatic carbocycles. The maximum absolute atomic E-state index is 12.1. The molecule has 3 rings (SSSR count). The summed E-state index contributed by atoms with van der Waals surface area (Å²) in [6, 6.07) is 14.6. The zero-order valence-electron chi connectivity index (χ0n) is 14.1. The van der Waals surface area contributed by atoms with Gasteiger partial charge >= 0.3 is 5.97 Å². The minimum atomic E-state index is -0.892. The Hall–Kier alpha value is -2.44. The SMILES string of the molecule is C[C@@H](OC(=O)CCc1nc2ccccc2s1)C(=O)Nc1cccc(Cl)c1. The molecule has 0 saturated carbocycles. The number of nitrogens with one attached hydrogen (secondary N) is 1. The lowest BCUT2D eigenvalue weighted by atomic mass is 10.3. The molecule has 1 aromatic heterocycles. The molecular formula is C19H17ClN2O3S. The van der Waals surface area contributed by atoms with E-state index >= 15 is 0 Å². The van der Waals surface area contributed by atoms with Gasteiger partial charge in [0, 0.05) is 17.1 Å². The third-order valence-electron chi connectivity index (χ3n) is 3.65. The average Bonchev–Trinajstić information content (AvgIpc) is 3.03. The largest absolute Gasteiger partial charge is 0.453 e. The fourth-order valence-electron chi connectivity index (χ4n) is 2.36. The van der Waals surface area contributed by atoms with Crippen molar-refractivity contribution in [2.75, 3.05) is 5.32 Å². The van der Waals surface area contributed by atoms with Gasteiger partial charge < -0.3 is 10.1 Å². The molecule has 0 fully saturated rings. The van der Waals surface area contributed by atoms with Gasteiger partial charge in [-0.05, 0) is 37.3 Å². The summed E-state index contributed by atoms with van der Waals surface area (Å²) in [6.07, 6.45) is -0.230. The van der Waals surface area contributed by atoms with Gasteiger partial charge in [0.25, 0.3) is 5.91 Å². The molecule has 7 heteroatoms. The van der Waals surface area contributed by atoms with Gasteiger partial charge in [-0.1, -0.05) is 29.8 Å². The Labute approximate surface area is 160 Å². The molecule has 1 amide bonds. The minimum Gasteiger partial charge on any atom is -0.453 e. The van der Waals surface area contributed by atoms with Crippen molar-refractivity contribution in [1.29, 1.82) is 0 Å². The van der Waals surface area contributed by atoms with Crippen LogP contribution in [0.2, 0.25) is 5.02 Å². The molecule has 0 bridgehead atoms. The maximum Gasteiger partial charge on any atom is 0.306 e. The number of thiazole rings is 1. The number of aryl methyl sites for hydroxylation is 1. The van der Waals surface area contributed by atoms with E-state index in [1.165, 1.54) is 6.92 Å². The van der Waals surface area contributed by atoms with Gasteiger partial charge in [0.2, 0.25) is 0 Å². The smallest absolute Gasteiger partial charge is 0.306 e. The normalized spacial score (nSPS) is 11.9. The third-order valence-corrected chi connectivity index (χ3v) is 4.98. The molecule has 2 aromatic carbocycles. The predicted molar refractivity (Wildman–Crippen MR) is 104 cm³/mol. The van der Waals surface area contributed by atoms with Crippen molar-refractivity contribution in [2.45, 2.75) is 25.9 Å². The van der Waals surface area contributed by atoms with Crippen LogP contribution in [0.3, 0.4) is 0 Å². The number of nitrogens with zero attached hydrogens (tertiary/aromatic N) is 1. The van der Waals surface area contributed by atoms with E-state index in [-0.39, 0.29) is 6.42 Å². The van der Waals surface area contributed by atoms with Gasteiger partial charge in [0.15, 0.2) is 6.10 Å². The summed E-state index contributed by atoms with van der Waals surface area (Å²) in [4.78, 5) is 28.6. The number of aromatic nitrogens is 1. The summed E-state index contributed by atoms with van der Waals surface area (Å²) in [5.41, 5.74) is 1.48. The van der Waals surface area contributed by atoms with Crippen LogP contribution in [0.4, 0.5) is 5.69 Å². The van der Waals surface area contributed by atoms with Crippen LogP contribution in [-0.2, 0) is 20.7 Å². The van der Waals surface area contributed by atoms with Crippen LogP contribution in [-0.4, -0.2) is 23.0 Å². The lowest BCUT2D eigenvalue weighted by Gasteiger charge is -2.13. The Morgan fingerprint density at radius 2 is 2.04 bits per heavy atom. The number of hydrogen-bond donors (Lipinski definition) is 1. The monoisotopic (exact) mass is 388 g/mol. The standard InChI is InChI=1S/C19H17ClN2O3S/c1-12(19(24)21-14-6-4-5-13(20)11-14)25-18(23)10-9-17-22-15-7-2-3-8-16(15)26-17/h2-8,11-12H,9-10H2,1H3,(H,21,24)/t12-/m1/s1. The van der Waals surface area contributed by atoms with Gasteiger partial charge in [-0.3, -0.25) is 9.59 Å². The van der Waals surface area contributed by atoms with Crippen LogP contribution in [0.25, 0.3) is 10.2 Å². The maximum atomic E-state index is 12.1. The van der Waals surface area contributed by atoms with Crippen LogP contribution in [0, 0.1) is 0 Å². The summed E-state index contributed by atoms with van der Waals surface area (Å²) in [6.45, 7) is 1.54. The van der Waals surface area contributed by atoms with Crippen molar-refractivity contribution >= 4 is 50.7 Å². The Bertz CT molecular complexity index is 908. The van der Waals surface area contributed by atoms with E-state index in [0.717, 1.165) is 15.2 Å². The number of rotatable bonds is 6. The predicted octanol–water partition coefficient (Wildman–Crippen LogP) is 4.45. The first kappa shape index (κ1) is 18.4. The van der Waals surface area contributed by atoms with Gasteiger partial charge in [-0.2, -0.15) is 0 Å². The summed E-state index contributed by atoms with van der Waals surface area (Å²) in [5, 5.41) is 4.06. The van der Waals surface area contributed by atoms with Crippen LogP contribution < -0.4 is 5.32 Å². The van der Waals surface area contributed by atoms with E-state index in [1.54, 1.807) is 35.6 Å². The molecule has 0 unspecified atom stereocenters. The highest BCUT2D eigenvalue weighted by atomic mass is 35.5. The highest BCUT2D eigenvalue weighted by molar-refractivity contribution is 7.18. The Morgan fingerprint density at radius 1 is 1.23 bits per heavy atom. The molecular weight excluding hydrogens is 372 g/mol. The molecule has 0 spiro atoms. The van der Waals surface area contributed by atoms with Crippen LogP contribution in [0.15, 0.2) is 48.5 Å². The molecule has 1 N–H and O–H groups in total. The molecule has 0 radical (unpaired) electrons. The van der Waals surface area contributed by atoms with E-state index in [1.807, 2.05) is 24.3 Å². The zero-order chi connectivity index (χ0) is 18.5. The van der Waals surface area contributed by atoms with Crippen molar-refractivity contribution in [3.05, 3.63) is 58.6 Å². The number of esters is 1. The van der Waals surface area contributed by atoms with E-state index in [0.29, 0.717) is 17.1 Å². The van der Waals surface area contributed by atoms with E-state index in [2.05, 4.69) is 10.3 Å². The van der Waals surface area contributed by atoms with Crippen molar-refractivity contribution in [3.63, 3.8) is 0 Å². The van der Waals surface area contributed by atoms with E-state index in [4.69, 9.17) is 16.3 Å². The topological polar surface area (TPSA) is 68.3 Å². The molecule has 26 heavy (non-hydrogen) atoms. The molecule has 0 aliphatic rings. The molecule has 134 valence electrons. The van der Waals surface area contributed by atoms with Crippen molar-refractivity contribution in [1.82, 2.24) is 4.98 Å². The fourth-order valence-corrected chi connectivity index (χ4v) is 3.51. The Morgan fingerprint density at radius 3 is 2.81 bits per heavy atom.